The second-order valence-corrected chi connectivity index (χ2v) is 4.85. The Labute approximate surface area is 117 Å². The molecule has 1 heterocycles. The van der Waals surface area contributed by atoms with Crippen LogP contribution in [0.3, 0.4) is 0 Å². The molecule has 0 atom stereocenters. The van der Waals surface area contributed by atoms with E-state index in [1.807, 2.05) is 43.5 Å². The third-order valence-electron chi connectivity index (χ3n) is 3.36. The number of aryl methyl sites for hydroxylation is 1. The van der Waals surface area contributed by atoms with E-state index in [0.717, 1.165) is 21.9 Å². The molecule has 3 heteroatoms. The predicted octanol–water partition coefficient (Wildman–Crippen LogP) is 4.29. The highest BCUT2D eigenvalue weighted by Crippen LogP contribution is 2.20. The summed E-state index contributed by atoms with van der Waals surface area (Å²) in [5.74, 6) is -0.225. The van der Waals surface area contributed by atoms with Crippen molar-refractivity contribution in [1.82, 2.24) is 4.98 Å². The monoisotopic (exact) mass is 266 g/mol. The fraction of sp³-hybridized carbons (Fsp3) is 0.118. The van der Waals surface area contributed by atoms with Crippen LogP contribution in [-0.4, -0.2) is 4.98 Å². The molecule has 20 heavy (non-hydrogen) atoms. The average Bonchev–Trinajstić information content (AvgIpc) is 2.48. The molecule has 2 nitrogen and oxygen atoms in total. The summed E-state index contributed by atoms with van der Waals surface area (Å²) in [6.07, 6.45) is 3.62. The summed E-state index contributed by atoms with van der Waals surface area (Å²) in [6.45, 7) is 2.54. The molecule has 2 aromatic carbocycles. The number of anilines is 1. The van der Waals surface area contributed by atoms with Gasteiger partial charge in [-0.2, -0.15) is 0 Å². The largest absolute Gasteiger partial charge is 0.379 e. The summed E-state index contributed by atoms with van der Waals surface area (Å²) in [5.41, 5.74) is 2.71. The van der Waals surface area contributed by atoms with Crippen molar-refractivity contribution in [3.05, 3.63) is 71.8 Å². The molecule has 1 aromatic heterocycles. The number of hydrogen-bond acceptors (Lipinski definition) is 2. The molecule has 3 rings (SSSR count). The van der Waals surface area contributed by atoms with E-state index >= 15 is 0 Å². The molecule has 0 aliphatic rings. The van der Waals surface area contributed by atoms with Crippen LogP contribution in [0.5, 0.6) is 0 Å². The molecule has 100 valence electrons. The topological polar surface area (TPSA) is 24.9 Å². The highest BCUT2D eigenvalue weighted by atomic mass is 19.1. The van der Waals surface area contributed by atoms with Gasteiger partial charge in [-0.15, -0.1) is 0 Å². The van der Waals surface area contributed by atoms with Crippen molar-refractivity contribution in [3.63, 3.8) is 0 Å². The summed E-state index contributed by atoms with van der Waals surface area (Å²) in [5, 5.41) is 5.40. The molecule has 0 spiro atoms. The number of halogens is 1. The number of hydrogen-bond donors (Lipinski definition) is 1. The maximum absolute atomic E-state index is 13.7. The van der Waals surface area contributed by atoms with Gasteiger partial charge in [-0.25, -0.2) is 4.39 Å². The van der Waals surface area contributed by atoms with Crippen LogP contribution in [0, 0.1) is 12.7 Å². The van der Waals surface area contributed by atoms with Crippen molar-refractivity contribution in [2.45, 2.75) is 13.5 Å². The van der Waals surface area contributed by atoms with Gasteiger partial charge in [0.15, 0.2) is 0 Å². The summed E-state index contributed by atoms with van der Waals surface area (Å²) in [7, 11) is 0. The maximum Gasteiger partial charge on any atom is 0.146 e. The fourth-order valence-electron chi connectivity index (χ4n) is 2.31. The average molecular weight is 266 g/mol. The number of aromatic nitrogens is 1. The first-order chi connectivity index (χ1) is 9.74. The first-order valence-corrected chi connectivity index (χ1v) is 6.56. The molecule has 0 amide bonds. The van der Waals surface area contributed by atoms with Crippen molar-refractivity contribution in [1.29, 1.82) is 0 Å². The summed E-state index contributed by atoms with van der Waals surface area (Å²) >= 11 is 0. The molecule has 0 aliphatic heterocycles. The van der Waals surface area contributed by atoms with Gasteiger partial charge in [0.05, 0.1) is 5.69 Å². The van der Waals surface area contributed by atoms with Crippen molar-refractivity contribution in [2.75, 3.05) is 5.32 Å². The zero-order valence-corrected chi connectivity index (χ0v) is 11.2. The van der Waals surface area contributed by atoms with Crippen LogP contribution in [0.1, 0.15) is 11.1 Å². The number of benzene rings is 2. The second-order valence-electron chi connectivity index (χ2n) is 4.85. The molecule has 0 bridgehead atoms. The van der Waals surface area contributed by atoms with Crippen LogP contribution in [0.25, 0.3) is 10.8 Å². The molecule has 0 aliphatic carbocycles. The van der Waals surface area contributed by atoms with Crippen molar-refractivity contribution in [3.8, 4) is 0 Å². The van der Waals surface area contributed by atoms with Crippen molar-refractivity contribution in [2.24, 2.45) is 0 Å². The minimum atomic E-state index is -0.225. The molecular formula is C17H15FN2. The lowest BCUT2D eigenvalue weighted by molar-refractivity contribution is 0.629. The molecule has 0 saturated carbocycles. The van der Waals surface area contributed by atoms with E-state index in [-0.39, 0.29) is 5.82 Å². The van der Waals surface area contributed by atoms with E-state index in [1.165, 1.54) is 6.07 Å². The molecule has 0 saturated heterocycles. The number of pyridine rings is 1. The third kappa shape index (κ3) is 2.48. The van der Waals surface area contributed by atoms with Gasteiger partial charge < -0.3 is 5.32 Å². The van der Waals surface area contributed by atoms with E-state index in [9.17, 15) is 4.39 Å². The van der Waals surface area contributed by atoms with Crippen molar-refractivity contribution >= 4 is 16.5 Å². The summed E-state index contributed by atoms with van der Waals surface area (Å²) in [6, 6.07) is 13.1. The molecule has 0 fully saturated rings. The first-order valence-electron chi connectivity index (χ1n) is 6.56. The maximum atomic E-state index is 13.7. The van der Waals surface area contributed by atoms with Crippen LogP contribution in [0.15, 0.2) is 54.9 Å². The van der Waals surface area contributed by atoms with Gasteiger partial charge in [0.25, 0.3) is 0 Å². The lowest BCUT2D eigenvalue weighted by Gasteiger charge is -2.10. The standard InChI is InChI=1S/C17H15FN2/c1-12-5-6-16(18)17(9-12)20-11-14-4-2-3-13-10-19-8-7-15(13)14/h2-10,20H,11H2,1H3. The smallest absolute Gasteiger partial charge is 0.146 e. The van der Waals surface area contributed by atoms with E-state index in [4.69, 9.17) is 0 Å². The lowest BCUT2D eigenvalue weighted by atomic mass is 10.1. The third-order valence-corrected chi connectivity index (χ3v) is 3.36. The van der Waals surface area contributed by atoms with E-state index < -0.39 is 0 Å². The molecular weight excluding hydrogens is 251 g/mol. The minimum absolute atomic E-state index is 0.225. The summed E-state index contributed by atoms with van der Waals surface area (Å²) < 4.78 is 13.7. The normalized spacial score (nSPS) is 10.7. The lowest BCUT2D eigenvalue weighted by Crippen LogP contribution is -2.02. The van der Waals surface area contributed by atoms with Crippen LogP contribution in [0.2, 0.25) is 0 Å². The number of fused-ring (bicyclic) bond motifs is 1. The fourth-order valence-corrected chi connectivity index (χ4v) is 2.31. The van der Waals surface area contributed by atoms with Gasteiger partial charge in [-0.3, -0.25) is 4.98 Å². The Bertz CT molecular complexity index is 748. The number of rotatable bonds is 3. The Morgan fingerprint density at radius 3 is 2.95 bits per heavy atom. The zero-order chi connectivity index (χ0) is 13.9. The zero-order valence-electron chi connectivity index (χ0n) is 11.2. The summed E-state index contributed by atoms with van der Waals surface area (Å²) in [4.78, 5) is 4.12. The van der Waals surface area contributed by atoms with E-state index in [0.29, 0.717) is 12.2 Å². The molecule has 1 N–H and O–H groups in total. The van der Waals surface area contributed by atoms with Gasteiger partial charge >= 0.3 is 0 Å². The van der Waals surface area contributed by atoms with E-state index in [2.05, 4.69) is 10.3 Å². The van der Waals surface area contributed by atoms with Gasteiger partial charge in [0, 0.05) is 24.3 Å². The van der Waals surface area contributed by atoms with Crippen LogP contribution >= 0.6 is 0 Å². The highest BCUT2D eigenvalue weighted by molar-refractivity contribution is 5.84. The molecule has 3 aromatic rings. The van der Waals surface area contributed by atoms with Gasteiger partial charge in [-0.1, -0.05) is 24.3 Å². The number of nitrogens with one attached hydrogen (secondary N) is 1. The first kappa shape index (κ1) is 12.6. The van der Waals surface area contributed by atoms with Crippen LogP contribution in [0.4, 0.5) is 10.1 Å². The molecule has 0 unspecified atom stereocenters. The Kier molecular flexibility index (Phi) is 3.33. The predicted molar refractivity (Wildman–Crippen MR) is 80.2 cm³/mol. The van der Waals surface area contributed by atoms with Crippen LogP contribution in [-0.2, 0) is 6.54 Å². The second kappa shape index (κ2) is 5.29. The number of nitrogens with zero attached hydrogens (tertiary/aromatic N) is 1. The Balaban J connectivity index is 1.89. The van der Waals surface area contributed by atoms with Crippen molar-refractivity contribution < 1.29 is 4.39 Å². The minimum Gasteiger partial charge on any atom is -0.379 e. The molecule has 0 radical (unpaired) electrons. The van der Waals surface area contributed by atoms with Gasteiger partial charge in [0.2, 0.25) is 0 Å². The Morgan fingerprint density at radius 2 is 2.05 bits per heavy atom. The Morgan fingerprint density at radius 1 is 1.15 bits per heavy atom. The highest BCUT2D eigenvalue weighted by Gasteiger charge is 2.04. The van der Waals surface area contributed by atoms with Gasteiger partial charge in [0.1, 0.15) is 5.82 Å². The SMILES string of the molecule is Cc1ccc(F)c(NCc2cccc3cnccc23)c1. The Hall–Kier alpha value is -2.42. The quantitative estimate of drug-likeness (QED) is 0.764. The van der Waals surface area contributed by atoms with Gasteiger partial charge in [-0.05, 0) is 41.6 Å². The van der Waals surface area contributed by atoms with E-state index in [1.54, 1.807) is 12.3 Å². The van der Waals surface area contributed by atoms with Crippen LogP contribution < -0.4 is 5.32 Å².